The minimum Gasteiger partial charge on any atom is -0.508 e. The van der Waals surface area contributed by atoms with Crippen LogP contribution in [0.15, 0.2) is 49.1 Å². The second-order valence-corrected chi connectivity index (χ2v) is 10.3. The Balaban J connectivity index is 1.41. The number of phenols is 1. The molecular weight excluding hydrogens is 508 g/mol. The molecule has 0 aliphatic carbocycles. The zero-order chi connectivity index (χ0) is 28.1. The highest BCUT2D eigenvalue weighted by Crippen LogP contribution is 2.36. The molecule has 2 aromatic carbocycles. The van der Waals surface area contributed by atoms with Crippen molar-refractivity contribution < 1.29 is 19.4 Å². The SMILES string of the molecule is C=CC(=O)N1CCN(c2nc(OCCC(C)NCOC)nc3c2CCN(c2cc(O)cc4ccccc24)C3)CC1. The predicted molar refractivity (Wildman–Crippen MR) is 156 cm³/mol. The Kier molecular flexibility index (Phi) is 8.66. The lowest BCUT2D eigenvalue weighted by Gasteiger charge is -2.38. The monoisotopic (exact) mass is 546 g/mol. The topological polar surface area (TPSA) is 103 Å². The summed E-state index contributed by atoms with van der Waals surface area (Å²) in [5, 5.41) is 15.8. The molecule has 212 valence electrons. The minimum absolute atomic E-state index is 0.0430. The van der Waals surface area contributed by atoms with Gasteiger partial charge in [-0.3, -0.25) is 10.1 Å². The molecule has 40 heavy (non-hydrogen) atoms. The van der Waals surface area contributed by atoms with Gasteiger partial charge < -0.3 is 29.3 Å². The Morgan fingerprint density at radius 1 is 1.15 bits per heavy atom. The van der Waals surface area contributed by atoms with Gasteiger partial charge in [-0.05, 0) is 37.3 Å². The molecule has 0 saturated carbocycles. The molecule has 1 aromatic heterocycles. The van der Waals surface area contributed by atoms with E-state index in [1.54, 1.807) is 13.2 Å². The van der Waals surface area contributed by atoms with Crippen molar-refractivity contribution in [2.24, 2.45) is 0 Å². The molecule has 5 rings (SSSR count). The first kappa shape index (κ1) is 27.7. The molecular formula is C30H38N6O4. The van der Waals surface area contributed by atoms with Crippen molar-refractivity contribution in [3.05, 3.63) is 60.3 Å². The second kappa shape index (κ2) is 12.5. The maximum Gasteiger partial charge on any atom is 0.318 e. The number of ether oxygens (including phenoxy) is 2. The van der Waals surface area contributed by atoms with Gasteiger partial charge in [0.25, 0.3) is 0 Å². The highest BCUT2D eigenvalue weighted by Gasteiger charge is 2.29. The summed E-state index contributed by atoms with van der Waals surface area (Å²) in [5.74, 6) is 1.09. The predicted octanol–water partition coefficient (Wildman–Crippen LogP) is 3.08. The van der Waals surface area contributed by atoms with Gasteiger partial charge in [0.2, 0.25) is 5.91 Å². The second-order valence-electron chi connectivity index (χ2n) is 10.3. The van der Waals surface area contributed by atoms with Gasteiger partial charge in [0.1, 0.15) is 11.6 Å². The lowest BCUT2D eigenvalue weighted by atomic mass is 10.0. The summed E-state index contributed by atoms with van der Waals surface area (Å²) < 4.78 is 11.2. The third-order valence-electron chi connectivity index (χ3n) is 7.61. The molecule has 1 fully saturated rings. The number of amides is 1. The number of hydrogen-bond acceptors (Lipinski definition) is 9. The third-order valence-corrected chi connectivity index (χ3v) is 7.61. The summed E-state index contributed by atoms with van der Waals surface area (Å²) in [6, 6.07) is 12.3. The van der Waals surface area contributed by atoms with Gasteiger partial charge >= 0.3 is 6.01 Å². The fourth-order valence-electron chi connectivity index (χ4n) is 5.38. The minimum atomic E-state index is -0.0430. The van der Waals surface area contributed by atoms with Crippen molar-refractivity contribution in [1.82, 2.24) is 20.2 Å². The van der Waals surface area contributed by atoms with Gasteiger partial charge in [0.05, 0.1) is 25.6 Å². The Morgan fingerprint density at radius 2 is 1.95 bits per heavy atom. The van der Waals surface area contributed by atoms with Crippen molar-refractivity contribution >= 4 is 28.2 Å². The van der Waals surface area contributed by atoms with E-state index >= 15 is 0 Å². The number of carbonyl (C=O) groups is 1. The maximum absolute atomic E-state index is 12.1. The number of fused-ring (bicyclic) bond motifs is 2. The number of nitrogens with one attached hydrogen (secondary N) is 1. The van der Waals surface area contributed by atoms with Crippen LogP contribution in [0.4, 0.5) is 11.5 Å². The van der Waals surface area contributed by atoms with Gasteiger partial charge in [-0.1, -0.05) is 30.8 Å². The molecule has 0 radical (unpaired) electrons. The van der Waals surface area contributed by atoms with E-state index < -0.39 is 0 Å². The number of benzene rings is 2. The molecule has 1 unspecified atom stereocenters. The van der Waals surface area contributed by atoms with Gasteiger partial charge in [-0.15, -0.1) is 0 Å². The molecule has 2 N–H and O–H groups in total. The quantitative estimate of drug-likeness (QED) is 0.293. The van der Waals surface area contributed by atoms with Gasteiger partial charge in [0.15, 0.2) is 0 Å². The van der Waals surface area contributed by atoms with Gasteiger partial charge in [-0.2, -0.15) is 9.97 Å². The van der Waals surface area contributed by atoms with E-state index in [1.165, 1.54) is 6.08 Å². The van der Waals surface area contributed by atoms with E-state index in [9.17, 15) is 9.90 Å². The number of aromatic nitrogens is 2. The van der Waals surface area contributed by atoms with Crippen LogP contribution in [-0.4, -0.2) is 85.1 Å². The molecule has 2 aliphatic heterocycles. The van der Waals surface area contributed by atoms with Crippen molar-refractivity contribution in [1.29, 1.82) is 0 Å². The average Bonchev–Trinajstić information content (AvgIpc) is 2.98. The van der Waals surface area contributed by atoms with Crippen LogP contribution in [0.2, 0.25) is 0 Å². The van der Waals surface area contributed by atoms with Crippen LogP contribution < -0.4 is 19.9 Å². The number of nitrogens with zero attached hydrogens (tertiary/aromatic N) is 5. The lowest BCUT2D eigenvalue weighted by molar-refractivity contribution is -0.126. The summed E-state index contributed by atoms with van der Waals surface area (Å²) in [6.45, 7) is 10.6. The highest BCUT2D eigenvalue weighted by molar-refractivity contribution is 5.95. The molecule has 10 nitrogen and oxygen atoms in total. The molecule has 1 saturated heterocycles. The van der Waals surface area contributed by atoms with E-state index in [4.69, 9.17) is 19.4 Å². The third kappa shape index (κ3) is 6.13. The highest BCUT2D eigenvalue weighted by atomic mass is 16.5. The summed E-state index contributed by atoms with van der Waals surface area (Å²) in [6.07, 6.45) is 2.91. The normalized spacial score (nSPS) is 16.1. The number of piperazine rings is 1. The first-order valence-corrected chi connectivity index (χ1v) is 13.8. The number of aromatic hydroxyl groups is 1. The van der Waals surface area contributed by atoms with Crippen molar-refractivity contribution in [2.45, 2.75) is 32.4 Å². The number of carbonyl (C=O) groups excluding carboxylic acids is 1. The summed E-state index contributed by atoms with van der Waals surface area (Å²) >= 11 is 0. The fourth-order valence-corrected chi connectivity index (χ4v) is 5.38. The van der Waals surface area contributed by atoms with Crippen LogP contribution >= 0.6 is 0 Å². The fraction of sp³-hybridized carbons (Fsp3) is 0.433. The first-order valence-electron chi connectivity index (χ1n) is 13.8. The molecule has 10 heteroatoms. The van der Waals surface area contributed by atoms with Crippen molar-refractivity contribution in [3.63, 3.8) is 0 Å². The molecule has 2 aliphatic rings. The van der Waals surface area contributed by atoms with Gasteiger partial charge in [-0.25, -0.2) is 0 Å². The van der Waals surface area contributed by atoms with E-state index in [-0.39, 0.29) is 17.7 Å². The standard InChI is InChI=1S/C30H38N6O4/c1-4-28(38)34-12-14-35(15-13-34)29-25-9-11-36(27-18-23(37)17-22-7-5-6-8-24(22)27)19-26(25)32-30(33-29)40-16-10-21(2)31-20-39-3/h4-8,17-18,21,31,37H,1,9-16,19-20H2,2-3H3. The first-order chi connectivity index (χ1) is 19.5. The zero-order valence-corrected chi connectivity index (χ0v) is 23.3. The molecule has 3 aromatic rings. The number of hydrogen-bond donors (Lipinski definition) is 2. The maximum atomic E-state index is 12.1. The van der Waals surface area contributed by atoms with Crippen LogP contribution in [0.1, 0.15) is 24.6 Å². The molecule has 1 atom stereocenters. The Bertz CT molecular complexity index is 1360. The van der Waals surface area contributed by atoms with Crippen LogP contribution in [0.5, 0.6) is 11.8 Å². The number of rotatable bonds is 10. The van der Waals surface area contributed by atoms with E-state index in [2.05, 4.69) is 34.7 Å². The molecule has 0 spiro atoms. The number of anilines is 2. The van der Waals surface area contributed by atoms with Crippen LogP contribution in [0, 0.1) is 0 Å². The van der Waals surface area contributed by atoms with E-state index in [0.717, 1.165) is 52.9 Å². The van der Waals surface area contributed by atoms with Gasteiger partial charge in [0, 0.05) is 68.6 Å². The van der Waals surface area contributed by atoms with E-state index in [0.29, 0.717) is 52.1 Å². The van der Waals surface area contributed by atoms with Crippen LogP contribution in [-0.2, 0) is 22.5 Å². The summed E-state index contributed by atoms with van der Waals surface area (Å²) in [5.41, 5.74) is 3.03. The Morgan fingerprint density at radius 3 is 2.73 bits per heavy atom. The van der Waals surface area contributed by atoms with Crippen molar-refractivity contribution in [2.75, 3.05) is 63.0 Å². The molecule has 3 heterocycles. The summed E-state index contributed by atoms with van der Waals surface area (Å²) in [7, 11) is 1.66. The molecule has 0 bridgehead atoms. The summed E-state index contributed by atoms with van der Waals surface area (Å²) in [4.78, 5) is 28.2. The molecule has 1 amide bonds. The average molecular weight is 547 g/mol. The number of phenolic OH excluding ortho intramolecular Hbond substituents is 1. The largest absolute Gasteiger partial charge is 0.508 e. The van der Waals surface area contributed by atoms with Crippen LogP contribution in [0.3, 0.4) is 0 Å². The zero-order valence-electron chi connectivity index (χ0n) is 23.3. The van der Waals surface area contributed by atoms with Crippen molar-refractivity contribution in [3.8, 4) is 11.8 Å². The van der Waals surface area contributed by atoms with Crippen LogP contribution in [0.25, 0.3) is 10.8 Å². The lowest BCUT2D eigenvalue weighted by Crippen LogP contribution is -2.49. The van der Waals surface area contributed by atoms with E-state index in [1.807, 2.05) is 29.2 Å². The Labute approximate surface area is 235 Å². The number of methoxy groups -OCH3 is 1. The smallest absolute Gasteiger partial charge is 0.318 e. The Hall–Kier alpha value is -3.89.